The Morgan fingerprint density at radius 3 is 2.44 bits per heavy atom. The van der Waals surface area contributed by atoms with E-state index in [1.165, 1.54) is 0 Å². The van der Waals surface area contributed by atoms with Gasteiger partial charge in [-0.3, -0.25) is 9.59 Å². The van der Waals surface area contributed by atoms with Crippen molar-refractivity contribution in [3.63, 3.8) is 0 Å². The van der Waals surface area contributed by atoms with Crippen LogP contribution in [-0.2, 0) is 16.8 Å². The Labute approximate surface area is 148 Å². The number of nitrogens with zero attached hydrogens (tertiary/aromatic N) is 1. The third kappa shape index (κ3) is 3.22. The highest BCUT2D eigenvalue weighted by molar-refractivity contribution is 6.05. The first-order valence-electron chi connectivity index (χ1n) is 8.29. The van der Waals surface area contributed by atoms with E-state index >= 15 is 0 Å². The molecule has 2 aromatic carbocycles. The molecule has 2 aromatic rings. The van der Waals surface area contributed by atoms with Crippen molar-refractivity contribution in [1.82, 2.24) is 5.32 Å². The SMILES string of the molecule is CN(C)c1ccc(C(=O)NCc2ccc3c(c2)C(C)(C)C(=O)N3)cc1. The molecule has 1 aliphatic rings. The van der Waals surface area contributed by atoms with Crippen molar-refractivity contribution in [2.45, 2.75) is 25.8 Å². The van der Waals surface area contributed by atoms with Gasteiger partial charge in [0.15, 0.2) is 0 Å². The third-order valence-electron chi connectivity index (χ3n) is 4.67. The number of carbonyl (C=O) groups is 2. The summed E-state index contributed by atoms with van der Waals surface area (Å²) in [6, 6.07) is 13.3. The molecule has 0 atom stereocenters. The lowest BCUT2D eigenvalue weighted by atomic mass is 9.85. The molecule has 5 heteroatoms. The van der Waals surface area contributed by atoms with E-state index in [4.69, 9.17) is 0 Å². The Balaban J connectivity index is 1.69. The number of rotatable bonds is 4. The van der Waals surface area contributed by atoms with Crippen LogP contribution in [0.5, 0.6) is 0 Å². The summed E-state index contributed by atoms with van der Waals surface area (Å²) in [6.45, 7) is 4.23. The van der Waals surface area contributed by atoms with Crippen molar-refractivity contribution in [1.29, 1.82) is 0 Å². The molecule has 2 N–H and O–H groups in total. The molecule has 2 amide bonds. The van der Waals surface area contributed by atoms with Gasteiger partial charge in [-0.1, -0.05) is 12.1 Å². The fourth-order valence-corrected chi connectivity index (χ4v) is 2.92. The van der Waals surface area contributed by atoms with E-state index in [1.807, 2.05) is 75.3 Å². The summed E-state index contributed by atoms with van der Waals surface area (Å²) in [7, 11) is 3.92. The summed E-state index contributed by atoms with van der Waals surface area (Å²) in [4.78, 5) is 26.3. The minimum absolute atomic E-state index is 0.00432. The molecule has 0 aromatic heterocycles. The van der Waals surface area contributed by atoms with Gasteiger partial charge in [-0.05, 0) is 55.3 Å². The van der Waals surface area contributed by atoms with Crippen LogP contribution in [0, 0.1) is 0 Å². The molecule has 3 rings (SSSR count). The van der Waals surface area contributed by atoms with E-state index in [0.29, 0.717) is 12.1 Å². The highest BCUT2D eigenvalue weighted by Gasteiger charge is 2.38. The zero-order valence-corrected chi connectivity index (χ0v) is 15.0. The summed E-state index contributed by atoms with van der Waals surface area (Å²) >= 11 is 0. The largest absolute Gasteiger partial charge is 0.378 e. The van der Waals surface area contributed by atoms with Gasteiger partial charge in [0.1, 0.15) is 0 Å². The van der Waals surface area contributed by atoms with Crippen molar-refractivity contribution in [2.75, 3.05) is 24.3 Å². The molecule has 0 spiro atoms. The molecule has 1 heterocycles. The van der Waals surface area contributed by atoms with Gasteiger partial charge in [-0.2, -0.15) is 0 Å². The molecule has 0 saturated heterocycles. The van der Waals surface area contributed by atoms with E-state index in [1.54, 1.807) is 0 Å². The van der Waals surface area contributed by atoms with Crippen LogP contribution >= 0.6 is 0 Å². The number of hydrogen-bond acceptors (Lipinski definition) is 3. The van der Waals surface area contributed by atoms with E-state index in [9.17, 15) is 9.59 Å². The summed E-state index contributed by atoms with van der Waals surface area (Å²) < 4.78 is 0. The number of amides is 2. The maximum atomic E-state index is 12.3. The van der Waals surface area contributed by atoms with Gasteiger partial charge >= 0.3 is 0 Å². The molecular weight excluding hydrogens is 314 g/mol. The van der Waals surface area contributed by atoms with Crippen LogP contribution in [0.1, 0.15) is 35.3 Å². The topological polar surface area (TPSA) is 61.4 Å². The van der Waals surface area contributed by atoms with Crippen molar-refractivity contribution in [3.05, 3.63) is 59.2 Å². The highest BCUT2D eigenvalue weighted by atomic mass is 16.2. The van der Waals surface area contributed by atoms with Gasteiger partial charge < -0.3 is 15.5 Å². The minimum atomic E-state index is -0.544. The lowest BCUT2D eigenvalue weighted by Gasteiger charge is -2.16. The Hall–Kier alpha value is -2.82. The molecule has 0 bridgehead atoms. The zero-order chi connectivity index (χ0) is 18.2. The van der Waals surface area contributed by atoms with Crippen molar-refractivity contribution in [2.24, 2.45) is 0 Å². The van der Waals surface area contributed by atoms with Crippen LogP contribution in [-0.4, -0.2) is 25.9 Å². The summed E-state index contributed by atoms with van der Waals surface area (Å²) in [5.41, 5.74) is 3.93. The molecule has 0 saturated carbocycles. The van der Waals surface area contributed by atoms with Crippen molar-refractivity contribution in [3.8, 4) is 0 Å². The standard InChI is InChI=1S/C20H23N3O2/c1-20(2)16-11-13(5-10-17(16)22-19(20)25)12-21-18(24)14-6-8-15(9-7-14)23(3)4/h5-11H,12H2,1-4H3,(H,21,24)(H,22,25). The maximum absolute atomic E-state index is 12.3. The second kappa shape index (κ2) is 6.24. The number of nitrogens with one attached hydrogen (secondary N) is 2. The zero-order valence-electron chi connectivity index (χ0n) is 15.0. The molecule has 0 aliphatic carbocycles. The molecule has 5 nitrogen and oxygen atoms in total. The first kappa shape index (κ1) is 17.0. The Morgan fingerprint density at radius 1 is 1.12 bits per heavy atom. The molecule has 0 radical (unpaired) electrons. The maximum Gasteiger partial charge on any atom is 0.251 e. The normalized spacial score (nSPS) is 14.6. The number of fused-ring (bicyclic) bond motifs is 1. The lowest BCUT2D eigenvalue weighted by Crippen LogP contribution is -2.27. The van der Waals surface area contributed by atoms with Crippen LogP contribution in [0.4, 0.5) is 11.4 Å². The first-order chi connectivity index (χ1) is 11.8. The van der Waals surface area contributed by atoms with Gasteiger partial charge in [-0.25, -0.2) is 0 Å². The molecular formula is C20H23N3O2. The number of benzene rings is 2. The van der Waals surface area contributed by atoms with Gasteiger partial charge in [-0.15, -0.1) is 0 Å². The predicted octanol–water partition coefficient (Wildman–Crippen LogP) is 2.91. The molecule has 0 unspecified atom stereocenters. The van der Waals surface area contributed by atoms with Crippen LogP contribution < -0.4 is 15.5 Å². The van der Waals surface area contributed by atoms with Crippen molar-refractivity contribution >= 4 is 23.2 Å². The predicted molar refractivity (Wildman–Crippen MR) is 100 cm³/mol. The quantitative estimate of drug-likeness (QED) is 0.902. The second-order valence-corrected chi connectivity index (χ2v) is 7.08. The van der Waals surface area contributed by atoms with E-state index in [0.717, 1.165) is 22.5 Å². The fraction of sp³-hybridized carbons (Fsp3) is 0.300. The smallest absolute Gasteiger partial charge is 0.251 e. The summed E-state index contributed by atoms with van der Waals surface area (Å²) in [5, 5.41) is 5.83. The second-order valence-electron chi connectivity index (χ2n) is 7.08. The van der Waals surface area contributed by atoms with Crippen LogP contribution in [0.25, 0.3) is 0 Å². The monoisotopic (exact) mass is 337 g/mol. The fourth-order valence-electron chi connectivity index (χ4n) is 2.92. The van der Waals surface area contributed by atoms with Gasteiger partial charge in [0.25, 0.3) is 5.91 Å². The number of anilines is 2. The first-order valence-corrected chi connectivity index (χ1v) is 8.29. The molecule has 25 heavy (non-hydrogen) atoms. The highest BCUT2D eigenvalue weighted by Crippen LogP contribution is 2.37. The number of carbonyl (C=O) groups excluding carboxylic acids is 2. The molecule has 1 aliphatic heterocycles. The number of hydrogen-bond donors (Lipinski definition) is 2. The van der Waals surface area contributed by atoms with Gasteiger partial charge in [0.05, 0.1) is 5.41 Å². The minimum Gasteiger partial charge on any atom is -0.378 e. The van der Waals surface area contributed by atoms with Crippen LogP contribution in [0.2, 0.25) is 0 Å². The Morgan fingerprint density at radius 2 is 1.80 bits per heavy atom. The summed E-state index contributed by atoms with van der Waals surface area (Å²) in [5.74, 6) is -0.107. The Bertz CT molecular complexity index is 823. The molecule has 130 valence electrons. The van der Waals surface area contributed by atoms with E-state index < -0.39 is 5.41 Å². The van der Waals surface area contributed by atoms with E-state index in [-0.39, 0.29) is 11.8 Å². The average Bonchev–Trinajstić information content (AvgIpc) is 2.82. The Kier molecular flexibility index (Phi) is 4.25. The van der Waals surface area contributed by atoms with Crippen LogP contribution in [0.15, 0.2) is 42.5 Å². The lowest BCUT2D eigenvalue weighted by molar-refractivity contribution is -0.119. The van der Waals surface area contributed by atoms with Gasteiger partial charge in [0.2, 0.25) is 5.91 Å². The van der Waals surface area contributed by atoms with Crippen LogP contribution in [0.3, 0.4) is 0 Å². The average molecular weight is 337 g/mol. The van der Waals surface area contributed by atoms with E-state index in [2.05, 4.69) is 10.6 Å². The third-order valence-corrected chi connectivity index (χ3v) is 4.67. The molecule has 0 fully saturated rings. The van der Waals surface area contributed by atoms with Crippen molar-refractivity contribution < 1.29 is 9.59 Å². The van der Waals surface area contributed by atoms with Gasteiger partial charge in [0, 0.05) is 37.6 Å². The summed E-state index contributed by atoms with van der Waals surface area (Å²) in [6.07, 6.45) is 0.